The van der Waals surface area contributed by atoms with Crippen LogP contribution in [-0.4, -0.2) is 16.0 Å². The lowest BCUT2D eigenvalue weighted by molar-refractivity contribution is 0.0999. The fourth-order valence-corrected chi connectivity index (χ4v) is 1.42. The van der Waals surface area contributed by atoms with Crippen molar-refractivity contribution in [3.8, 4) is 17.6 Å². The third-order valence-corrected chi connectivity index (χ3v) is 2.24. The highest BCUT2D eigenvalue weighted by atomic mass is 16.3. The van der Waals surface area contributed by atoms with Crippen LogP contribution in [0.1, 0.15) is 21.6 Å². The van der Waals surface area contributed by atoms with Crippen LogP contribution >= 0.6 is 0 Å². The molecule has 0 atom stereocenters. The molecule has 1 heterocycles. The van der Waals surface area contributed by atoms with Gasteiger partial charge in [-0.1, -0.05) is 12.0 Å². The van der Waals surface area contributed by atoms with Gasteiger partial charge in [0.2, 0.25) is 0 Å². The highest BCUT2D eigenvalue weighted by molar-refractivity contribution is 5.94. The van der Waals surface area contributed by atoms with E-state index in [0.29, 0.717) is 11.3 Å². The summed E-state index contributed by atoms with van der Waals surface area (Å²) in [4.78, 5) is 15.2. The maximum absolute atomic E-state index is 11.2. The van der Waals surface area contributed by atoms with Gasteiger partial charge in [-0.15, -0.1) is 0 Å². The molecule has 1 aromatic heterocycles. The molecule has 4 heteroatoms. The predicted molar refractivity (Wildman–Crippen MR) is 66.8 cm³/mol. The Morgan fingerprint density at radius 2 is 2.06 bits per heavy atom. The van der Waals surface area contributed by atoms with E-state index >= 15 is 0 Å². The van der Waals surface area contributed by atoms with Gasteiger partial charge in [0, 0.05) is 11.8 Å². The summed E-state index contributed by atoms with van der Waals surface area (Å²) < 4.78 is 0. The van der Waals surface area contributed by atoms with Crippen LogP contribution in [0.5, 0.6) is 5.75 Å². The fourth-order valence-electron chi connectivity index (χ4n) is 1.42. The normalized spacial score (nSPS) is 9.33. The zero-order chi connectivity index (χ0) is 13.0. The number of hydrogen-bond donors (Lipinski definition) is 2. The predicted octanol–water partition coefficient (Wildman–Crippen LogP) is 1.29. The second-order valence-corrected chi connectivity index (χ2v) is 3.56. The molecular formula is C14H10N2O2. The first-order chi connectivity index (χ1) is 8.66. The minimum absolute atomic E-state index is 0.137. The minimum atomic E-state index is -0.566. The number of aromatic nitrogens is 1. The summed E-state index contributed by atoms with van der Waals surface area (Å²) in [7, 11) is 0. The van der Waals surface area contributed by atoms with Crippen molar-refractivity contribution in [1.82, 2.24) is 4.98 Å². The van der Waals surface area contributed by atoms with Gasteiger partial charge in [-0.2, -0.15) is 0 Å². The largest absolute Gasteiger partial charge is 0.508 e. The monoisotopic (exact) mass is 238 g/mol. The van der Waals surface area contributed by atoms with Crippen LogP contribution in [0.25, 0.3) is 0 Å². The molecule has 0 radical (unpaired) electrons. The van der Waals surface area contributed by atoms with Crippen LogP contribution in [0.2, 0.25) is 0 Å². The van der Waals surface area contributed by atoms with Crippen molar-refractivity contribution < 1.29 is 9.90 Å². The van der Waals surface area contributed by atoms with E-state index in [1.54, 1.807) is 36.5 Å². The van der Waals surface area contributed by atoms with E-state index in [-0.39, 0.29) is 11.3 Å². The SMILES string of the molecule is NC(=O)c1cccnc1C#Cc1cccc(O)c1. The van der Waals surface area contributed by atoms with Gasteiger partial charge in [-0.05, 0) is 36.3 Å². The second kappa shape index (κ2) is 5.02. The van der Waals surface area contributed by atoms with E-state index in [9.17, 15) is 9.90 Å². The Labute approximate surface area is 104 Å². The molecule has 0 aliphatic heterocycles. The molecule has 0 aliphatic rings. The van der Waals surface area contributed by atoms with Crippen molar-refractivity contribution >= 4 is 5.91 Å². The second-order valence-electron chi connectivity index (χ2n) is 3.56. The molecule has 2 aromatic rings. The molecule has 1 aromatic carbocycles. The van der Waals surface area contributed by atoms with E-state index < -0.39 is 5.91 Å². The van der Waals surface area contributed by atoms with Gasteiger partial charge >= 0.3 is 0 Å². The van der Waals surface area contributed by atoms with Crippen molar-refractivity contribution in [2.24, 2.45) is 5.73 Å². The van der Waals surface area contributed by atoms with Gasteiger partial charge in [0.1, 0.15) is 11.4 Å². The van der Waals surface area contributed by atoms with Crippen molar-refractivity contribution in [3.63, 3.8) is 0 Å². The number of nitrogens with zero attached hydrogens (tertiary/aromatic N) is 1. The Morgan fingerprint density at radius 1 is 1.22 bits per heavy atom. The fraction of sp³-hybridized carbons (Fsp3) is 0. The quantitative estimate of drug-likeness (QED) is 0.735. The topological polar surface area (TPSA) is 76.2 Å². The molecule has 18 heavy (non-hydrogen) atoms. The number of aromatic hydroxyl groups is 1. The van der Waals surface area contributed by atoms with E-state index in [1.807, 2.05) is 0 Å². The molecule has 4 nitrogen and oxygen atoms in total. The zero-order valence-corrected chi connectivity index (χ0v) is 9.42. The average Bonchev–Trinajstić information content (AvgIpc) is 2.37. The number of pyridine rings is 1. The van der Waals surface area contributed by atoms with Gasteiger partial charge < -0.3 is 10.8 Å². The first kappa shape index (κ1) is 11.7. The van der Waals surface area contributed by atoms with Crippen molar-refractivity contribution in [1.29, 1.82) is 0 Å². The minimum Gasteiger partial charge on any atom is -0.508 e. The molecule has 0 bridgehead atoms. The number of carbonyl (C=O) groups excluding carboxylic acids is 1. The van der Waals surface area contributed by atoms with Crippen LogP contribution < -0.4 is 5.73 Å². The first-order valence-corrected chi connectivity index (χ1v) is 5.22. The third kappa shape index (κ3) is 2.66. The number of carbonyl (C=O) groups is 1. The lowest BCUT2D eigenvalue weighted by Gasteiger charge is -1.97. The standard InChI is InChI=1S/C14H10N2O2/c15-14(18)12-5-2-8-16-13(12)7-6-10-3-1-4-11(17)9-10/h1-5,8-9,17H,(H2,15,18). The molecular weight excluding hydrogens is 228 g/mol. The van der Waals surface area contributed by atoms with E-state index in [2.05, 4.69) is 16.8 Å². The molecule has 3 N–H and O–H groups in total. The lowest BCUT2D eigenvalue weighted by atomic mass is 10.1. The van der Waals surface area contributed by atoms with Crippen molar-refractivity contribution in [2.75, 3.05) is 0 Å². The molecule has 0 fully saturated rings. The van der Waals surface area contributed by atoms with E-state index in [1.165, 1.54) is 6.07 Å². The van der Waals surface area contributed by atoms with Gasteiger partial charge in [0.25, 0.3) is 5.91 Å². The van der Waals surface area contributed by atoms with Crippen LogP contribution in [0, 0.1) is 11.8 Å². The summed E-state index contributed by atoms with van der Waals surface area (Å²) in [6.45, 7) is 0. The molecule has 0 unspecified atom stereocenters. The number of benzene rings is 1. The van der Waals surface area contributed by atoms with Crippen LogP contribution in [0.3, 0.4) is 0 Å². The molecule has 0 aliphatic carbocycles. The zero-order valence-electron chi connectivity index (χ0n) is 9.42. The Morgan fingerprint density at radius 3 is 2.78 bits per heavy atom. The number of rotatable bonds is 1. The molecule has 0 saturated carbocycles. The Balaban J connectivity index is 2.39. The Kier molecular flexibility index (Phi) is 3.26. The number of amides is 1. The number of phenols is 1. The highest BCUT2D eigenvalue weighted by Gasteiger charge is 2.05. The number of hydrogen-bond acceptors (Lipinski definition) is 3. The number of nitrogens with two attached hydrogens (primary N) is 1. The molecule has 2 rings (SSSR count). The summed E-state index contributed by atoms with van der Waals surface area (Å²) in [5, 5.41) is 9.30. The summed E-state index contributed by atoms with van der Waals surface area (Å²) in [6, 6.07) is 9.72. The Bertz CT molecular complexity index is 654. The Hall–Kier alpha value is -2.80. The van der Waals surface area contributed by atoms with Crippen LogP contribution in [-0.2, 0) is 0 Å². The van der Waals surface area contributed by atoms with Crippen LogP contribution in [0.15, 0.2) is 42.6 Å². The summed E-state index contributed by atoms with van der Waals surface area (Å²) in [5.41, 5.74) is 6.47. The summed E-state index contributed by atoms with van der Waals surface area (Å²) >= 11 is 0. The van der Waals surface area contributed by atoms with Gasteiger partial charge in [0.05, 0.1) is 5.56 Å². The maximum Gasteiger partial charge on any atom is 0.251 e. The van der Waals surface area contributed by atoms with Gasteiger partial charge in [-0.3, -0.25) is 4.79 Å². The van der Waals surface area contributed by atoms with Crippen molar-refractivity contribution in [3.05, 3.63) is 59.4 Å². The van der Waals surface area contributed by atoms with E-state index in [4.69, 9.17) is 5.73 Å². The first-order valence-electron chi connectivity index (χ1n) is 5.22. The third-order valence-electron chi connectivity index (χ3n) is 2.24. The number of primary amides is 1. The molecule has 88 valence electrons. The average molecular weight is 238 g/mol. The van der Waals surface area contributed by atoms with Gasteiger partial charge in [-0.25, -0.2) is 4.98 Å². The number of phenolic OH excluding ortho intramolecular Hbond substituents is 1. The molecule has 1 amide bonds. The smallest absolute Gasteiger partial charge is 0.251 e. The van der Waals surface area contributed by atoms with Gasteiger partial charge in [0.15, 0.2) is 0 Å². The maximum atomic E-state index is 11.2. The van der Waals surface area contributed by atoms with Crippen LogP contribution in [0.4, 0.5) is 0 Å². The highest BCUT2D eigenvalue weighted by Crippen LogP contribution is 2.10. The van der Waals surface area contributed by atoms with E-state index in [0.717, 1.165) is 0 Å². The van der Waals surface area contributed by atoms with Crippen molar-refractivity contribution in [2.45, 2.75) is 0 Å². The molecule has 0 saturated heterocycles. The molecule has 0 spiro atoms. The summed E-state index contributed by atoms with van der Waals surface area (Å²) in [5.74, 6) is 5.15. The lowest BCUT2D eigenvalue weighted by Crippen LogP contribution is -2.13. The summed E-state index contributed by atoms with van der Waals surface area (Å²) in [6.07, 6.45) is 1.54.